The van der Waals surface area contributed by atoms with Crippen LogP contribution in [-0.2, 0) is 9.53 Å². The number of rotatable bonds is 6. The van der Waals surface area contributed by atoms with Crippen LogP contribution >= 0.6 is 0 Å². The van der Waals surface area contributed by atoms with E-state index in [1.165, 1.54) is 5.56 Å². The molecule has 0 aromatic heterocycles. The molecule has 1 saturated heterocycles. The molecule has 3 rings (SSSR count). The number of hydrogen-bond donors (Lipinski definition) is 2. The third kappa shape index (κ3) is 4.95. The van der Waals surface area contributed by atoms with Gasteiger partial charge in [-0.1, -0.05) is 49.4 Å². The second-order valence-electron chi connectivity index (χ2n) is 7.16. The van der Waals surface area contributed by atoms with E-state index in [2.05, 4.69) is 29.3 Å². The van der Waals surface area contributed by atoms with Gasteiger partial charge in [-0.3, -0.25) is 9.69 Å². The lowest BCUT2D eigenvalue weighted by atomic mass is 9.94. The van der Waals surface area contributed by atoms with E-state index >= 15 is 0 Å². The molecule has 3 unspecified atom stereocenters. The standard InChI is InChI=1S/C22H29N3O2/c1-16(21(23)19-6-4-3-5-7-19)22(26)24-20-10-8-18(9-11-20)17(2)25-12-14-27-15-13-25/h3-11,16-17,21H,12-15,23H2,1-2H3,(H,24,26). The largest absolute Gasteiger partial charge is 0.379 e. The zero-order valence-electron chi connectivity index (χ0n) is 16.1. The Morgan fingerprint density at radius 2 is 1.63 bits per heavy atom. The molecule has 1 aliphatic rings. The van der Waals surface area contributed by atoms with Gasteiger partial charge in [0.25, 0.3) is 0 Å². The van der Waals surface area contributed by atoms with Gasteiger partial charge in [-0.05, 0) is 30.2 Å². The third-order valence-electron chi connectivity index (χ3n) is 5.39. The van der Waals surface area contributed by atoms with Crippen molar-refractivity contribution in [3.63, 3.8) is 0 Å². The van der Waals surface area contributed by atoms with Crippen molar-refractivity contribution in [3.8, 4) is 0 Å². The molecule has 1 amide bonds. The summed E-state index contributed by atoms with van der Waals surface area (Å²) >= 11 is 0. The molecule has 1 fully saturated rings. The van der Waals surface area contributed by atoms with Crippen LogP contribution in [0, 0.1) is 5.92 Å². The third-order valence-corrected chi connectivity index (χ3v) is 5.39. The molecular weight excluding hydrogens is 338 g/mol. The Morgan fingerprint density at radius 3 is 2.26 bits per heavy atom. The van der Waals surface area contributed by atoms with E-state index in [-0.39, 0.29) is 17.9 Å². The van der Waals surface area contributed by atoms with Crippen molar-refractivity contribution in [2.75, 3.05) is 31.6 Å². The maximum atomic E-state index is 12.6. The van der Waals surface area contributed by atoms with E-state index in [1.54, 1.807) is 0 Å². The summed E-state index contributed by atoms with van der Waals surface area (Å²) in [6.45, 7) is 7.56. The number of nitrogens with one attached hydrogen (secondary N) is 1. The van der Waals surface area contributed by atoms with Gasteiger partial charge in [0.2, 0.25) is 5.91 Å². The predicted octanol–water partition coefficient (Wildman–Crippen LogP) is 3.35. The lowest BCUT2D eigenvalue weighted by Gasteiger charge is -2.32. The van der Waals surface area contributed by atoms with Crippen molar-refractivity contribution in [1.29, 1.82) is 0 Å². The van der Waals surface area contributed by atoms with Gasteiger partial charge < -0.3 is 15.8 Å². The average molecular weight is 367 g/mol. The molecular formula is C22H29N3O2. The number of benzene rings is 2. The van der Waals surface area contributed by atoms with E-state index in [1.807, 2.05) is 49.4 Å². The number of nitrogens with zero attached hydrogens (tertiary/aromatic N) is 1. The van der Waals surface area contributed by atoms with Crippen LogP contribution in [0.15, 0.2) is 54.6 Å². The van der Waals surface area contributed by atoms with Crippen LogP contribution in [0.2, 0.25) is 0 Å². The second-order valence-corrected chi connectivity index (χ2v) is 7.16. The van der Waals surface area contributed by atoms with Gasteiger partial charge in [0.15, 0.2) is 0 Å². The molecule has 5 nitrogen and oxygen atoms in total. The van der Waals surface area contributed by atoms with Gasteiger partial charge in [-0.2, -0.15) is 0 Å². The molecule has 1 aliphatic heterocycles. The molecule has 3 N–H and O–H groups in total. The number of carbonyl (C=O) groups is 1. The minimum absolute atomic E-state index is 0.0691. The first-order valence-corrected chi connectivity index (χ1v) is 9.59. The van der Waals surface area contributed by atoms with E-state index in [0.717, 1.165) is 37.6 Å². The number of amides is 1. The molecule has 0 bridgehead atoms. The SMILES string of the molecule is CC(C(=O)Nc1ccc(C(C)N2CCOCC2)cc1)C(N)c1ccccc1. The molecule has 27 heavy (non-hydrogen) atoms. The van der Waals surface area contributed by atoms with Crippen LogP contribution < -0.4 is 11.1 Å². The summed E-state index contributed by atoms with van der Waals surface area (Å²) in [5.74, 6) is -0.389. The highest BCUT2D eigenvalue weighted by atomic mass is 16.5. The zero-order valence-corrected chi connectivity index (χ0v) is 16.1. The number of anilines is 1. The molecule has 3 atom stereocenters. The number of carbonyl (C=O) groups excluding carboxylic acids is 1. The number of nitrogens with two attached hydrogens (primary N) is 1. The Morgan fingerprint density at radius 1 is 1.00 bits per heavy atom. The zero-order chi connectivity index (χ0) is 19.2. The fourth-order valence-electron chi connectivity index (χ4n) is 3.40. The van der Waals surface area contributed by atoms with Crippen molar-refractivity contribution in [1.82, 2.24) is 4.90 Å². The number of ether oxygens (including phenoxy) is 1. The van der Waals surface area contributed by atoms with E-state index in [0.29, 0.717) is 6.04 Å². The predicted molar refractivity (Wildman–Crippen MR) is 108 cm³/mol. The molecule has 0 radical (unpaired) electrons. The van der Waals surface area contributed by atoms with Crippen LogP contribution in [0.25, 0.3) is 0 Å². The monoisotopic (exact) mass is 367 g/mol. The highest BCUT2D eigenvalue weighted by Crippen LogP contribution is 2.24. The Hall–Kier alpha value is -2.21. The Kier molecular flexibility index (Phi) is 6.61. The van der Waals surface area contributed by atoms with Crippen molar-refractivity contribution < 1.29 is 9.53 Å². The highest BCUT2D eigenvalue weighted by Gasteiger charge is 2.22. The molecule has 1 heterocycles. The molecule has 0 aliphatic carbocycles. The number of hydrogen-bond acceptors (Lipinski definition) is 4. The Bertz CT molecular complexity index is 727. The van der Waals surface area contributed by atoms with E-state index in [9.17, 15) is 4.79 Å². The summed E-state index contributed by atoms with van der Waals surface area (Å²) < 4.78 is 5.42. The Labute approximate surface area is 161 Å². The quantitative estimate of drug-likeness (QED) is 0.822. The minimum atomic E-state index is -0.327. The van der Waals surface area contributed by atoms with Crippen LogP contribution in [0.1, 0.15) is 37.1 Å². The smallest absolute Gasteiger partial charge is 0.229 e. The minimum Gasteiger partial charge on any atom is -0.379 e. The van der Waals surface area contributed by atoms with E-state index in [4.69, 9.17) is 10.5 Å². The maximum Gasteiger partial charge on any atom is 0.229 e. The normalized spacial score (nSPS) is 18.5. The molecule has 2 aromatic rings. The van der Waals surface area contributed by atoms with Crippen LogP contribution in [0.5, 0.6) is 0 Å². The average Bonchev–Trinajstić information content (AvgIpc) is 2.74. The van der Waals surface area contributed by atoms with Crippen LogP contribution in [-0.4, -0.2) is 37.1 Å². The maximum absolute atomic E-state index is 12.6. The van der Waals surface area contributed by atoms with Gasteiger partial charge in [0, 0.05) is 30.9 Å². The van der Waals surface area contributed by atoms with Crippen molar-refractivity contribution in [2.24, 2.45) is 11.7 Å². The van der Waals surface area contributed by atoms with Gasteiger partial charge >= 0.3 is 0 Å². The first kappa shape index (κ1) is 19.5. The molecule has 2 aromatic carbocycles. The fourth-order valence-corrected chi connectivity index (χ4v) is 3.40. The summed E-state index contributed by atoms with van der Waals surface area (Å²) in [6.07, 6.45) is 0. The first-order chi connectivity index (χ1) is 13.1. The summed E-state index contributed by atoms with van der Waals surface area (Å²) in [4.78, 5) is 15.0. The number of morpholine rings is 1. The second kappa shape index (κ2) is 9.13. The summed E-state index contributed by atoms with van der Waals surface area (Å²) in [7, 11) is 0. The molecule has 5 heteroatoms. The highest BCUT2D eigenvalue weighted by molar-refractivity contribution is 5.92. The molecule has 0 spiro atoms. The summed E-state index contributed by atoms with van der Waals surface area (Å²) in [5, 5.41) is 2.99. The van der Waals surface area contributed by atoms with E-state index < -0.39 is 0 Å². The van der Waals surface area contributed by atoms with Crippen LogP contribution in [0.3, 0.4) is 0 Å². The lowest BCUT2D eigenvalue weighted by Crippen LogP contribution is -2.38. The van der Waals surface area contributed by atoms with Crippen molar-refractivity contribution in [3.05, 3.63) is 65.7 Å². The molecule has 0 saturated carbocycles. The molecule has 144 valence electrons. The Balaban J connectivity index is 1.59. The van der Waals surface area contributed by atoms with Gasteiger partial charge in [0.05, 0.1) is 19.1 Å². The topological polar surface area (TPSA) is 67.6 Å². The first-order valence-electron chi connectivity index (χ1n) is 9.59. The van der Waals surface area contributed by atoms with Gasteiger partial charge in [-0.25, -0.2) is 0 Å². The van der Waals surface area contributed by atoms with Gasteiger partial charge in [-0.15, -0.1) is 0 Å². The van der Waals surface area contributed by atoms with Crippen molar-refractivity contribution in [2.45, 2.75) is 25.9 Å². The lowest BCUT2D eigenvalue weighted by molar-refractivity contribution is -0.120. The van der Waals surface area contributed by atoms with Crippen molar-refractivity contribution >= 4 is 11.6 Å². The summed E-state index contributed by atoms with van der Waals surface area (Å²) in [6, 6.07) is 17.8. The summed E-state index contributed by atoms with van der Waals surface area (Å²) in [5.41, 5.74) is 9.27. The van der Waals surface area contributed by atoms with Gasteiger partial charge in [0.1, 0.15) is 0 Å². The fraction of sp³-hybridized carbons (Fsp3) is 0.409. The van der Waals surface area contributed by atoms with Crippen LogP contribution in [0.4, 0.5) is 5.69 Å².